The molecule has 1 unspecified atom stereocenters. The quantitative estimate of drug-likeness (QED) is 0.705. The van der Waals surface area contributed by atoms with Crippen LogP contribution in [-0.4, -0.2) is 5.33 Å². The lowest BCUT2D eigenvalue weighted by molar-refractivity contribution is 0.455. The minimum atomic E-state index is 0.709. The predicted octanol–water partition coefficient (Wildman–Crippen LogP) is 3.24. The highest BCUT2D eigenvalue weighted by Crippen LogP contribution is 2.14. The summed E-state index contributed by atoms with van der Waals surface area (Å²) in [5.41, 5.74) is 0. The van der Waals surface area contributed by atoms with Gasteiger partial charge < -0.3 is 4.42 Å². The van der Waals surface area contributed by atoms with Gasteiger partial charge in [-0.15, -0.1) is 0 Å². The molecule has 0 N–H and O–H groups in total. The van der Waals surface area contributed by atoms with Crippen LogP contribution in [0, 0.1) is 5.92 Å². The molecule has 62 valence electrons. The second-order valence-corrected chi connectivity index (χ2v) is 3.36. The van der Waals surface area contributed by atoms with Crippen LogP contribution in [0.15, 0.2) is 22.8 Å². The third-order valence-electron chi connectivity index (χ3n) is 1.87. The first-order valence-electron chi connectivity index (χ1n) is 3.95. The molecule has 0 amide bonds. The minimum absolute atomic E-state index is 0.709. The Bertz CT molecular complexity index is 177. The zero-order valence-electron chi connectivity index (χ0n) is 6.72. The molecule has 0 aromatic carbocycles. The Morgan fingerprint density at radius 3 is 2.91 bits per heavy atom. The molecular weight excluding hydrogens is 204 g/mol. The molecule has 1 rings (SSSR count). The summed E-state index contributed by atoms with van der Waals surface area (Å²) in [5, 5.41) is 1.06. The van der Waals surface area contributed by atoms with Crippen LogP contribution in [0.25, 0.3) is 0 Å². The molecule has 2 heteroatoms. The van der Waals surface area contributed by atoms with Crippen LogP contribution in [0.2, 0.25) is 0 Å². The lowest BCUT2D eigenvalue weighted by atomic mass is 10.0. The van der Waals surface area contributed by atoms with E-state index in [1.165, 1.54) is 6.42 Å². The fourth-order valence-electron chi connectivity index (χ4n) is 1.02. The standard InChI is InChI=1S/C9H13BrO/c1-2-8(7-10)6-9-4-3-5-11-9/h3-5,8H,2,6-7H2,1H3. The number of hydrogen-bond acceptors (Lipinski definition) is 1. The summed E-state index contributed by atoms with van der Waals surface area (Å²) in [5.74, 6) is 1.80. The zero-order valence-corrected chi connectivity index (χ0v) is 8.30. The Balaban J connectivity index is 2.41. The topological polar surface area (TPSA) is 13.1 Å². The van der Waals surface area contributed by atoms with Crippen LogP contribution in [0.5, 0.6) is 0 Å². The van der Waals surface area contributed by atoms with Crippen molar-refractivity contribution in [1.29, 1.82) is 0 Å². The van der Waals surface area contributed by atoms with E-state index in [0.717, 1.165) is 17.5 Å². The lowest BCUT2D eigenvalue weighted by Crippen LogP contribution is -2.03. The van der Waals surface area contributed by atoms with Crippen molar-refractivity contribution < 1.29 is 4.42 Å². The SMILES string of the molecule is CCC(CBr)Cc1ccco1. The molecule has 0 bridgehead atoms. The summed E-state index contributed by atoms with van der Waals surface area (Å²) >= 11 is 3.48. The van der Waals surface area contributed by atoms with Gasteiger partial charge in [0.15, 0.2) is 0 Å². The van der Waals surface area contributed by atoms with Crippen LogP contribution < -0.4 is 0 Å². The Morgan fingerprint density at radius 1 is 1.64 bits per heavy atom. The smallest absolute Gasteiger partial charge is 0.104 e. The van der Waals surface area contributed by atoms with E-state index in [2.05, 4.69) is 22.9 Å². The van der Waals surface area contributed by atoms with E-state index in [4.69, 9.17) is 4.42 Å². The number of furan rings is 1. The highest BCUT2D eigenvalue weighted by molar-refractivity contribution is 9.09. The van der Waals surface area contributed by atoms with Gasteiger partial charge >= 0.3 is 0 Å². The zero-order chi connectivity index (χ0) is 8.10. The molecule has 1 nitrogen and oxygen atoms in total. The van der Waals surface area contributed by atoms with Gasteiger partial charge in [-0.05, 0) is 18.1 Å². The Morgan fingerprint density at radius 2 is 2.45 bits per heavy atom. The predicted molar refractivity (Wildman–Crippen MR) is 50.0 cm³/mol. The number of halogens is 1. The van der Waals surface area contributed by atoms with E-state index >= 15 is 0 Å². The van der Waals surface area contributed by atoms with Crippen molar-refractivity contribution in [2.45, 2.75) is 19.8 Å². The highest BCUT2D eigenvalue weighted by atomic mass is 79.9. The van der Waals surface area contributed by atoms with E-state index in [1.54, 1.807) is 6.26 Å². The first-order chi connectivity index (χ1) is 5.36. The maximum absolute atomic E-state index is 5.25. The third-order valence-corrected chi connectivity index (χ3v) is 2.78. The summed E-state index contributed by atoms with van der Waals surface area (Å²) < 4.78 is 5.25. The van der Waals surface area contributed by atoms with Crippen molar-refractivity contribution in [1.82, 2.24) is 0 Å². The molecule has 1 aromatic heterocycles. The van der Waals surface area contributed by atoms with Crippen molar-refractivity contribution in [2.75, 3.05) is 5.33 Å². The fourth-order valence-corrected chi connectivity index (χ4v) is 1.71. The second-order valence-electron chi connectivity index (χ2n) is 2.71. The average molecular weight is 217 g/mol. The van der Waals surface area contributed by atoms with Gasteiger partial charge in [0.25, 0.3) is 0 Å². The number of alkyl halides is 1. The second kappa shape index (κ2) is 4.60. The van der Waals surface area contributed by atoms with Crippen LogP contribution in [0.3, 0.4) is 0 Å². The van der Waals surface area contributed by atoms with Crippen LogP contribution in [0.1, 0.15) is 19.1 Å². The summed E-state index contributed by atoms with van der Waals surface area (Å²) in [7, 11) is 0. The van der Waals surface area contributed by atoms with Crippen molar-refractivity contribution >= 4 is 15.9 Å². The normalized spacial score (nSPS) is 13.3. The molecule has 1 heterocycles. The van der Waals surface area contributed by atoms with E-state index < -0.39 is 0 Å². The Hall–Kier alpha value is -0.240. The number of hydrogen-bond donors (Lipinski definition) is 0. The summed E-state index contributed by atoms with van der Waals surface area (Å²) in [6.07, 6.45) is 3.98. The monoisotopic (exact) mass is 216 g/mol. The maximum Gasteiger partial charge on any atom is 0.104 e. The number of rotatable bonds is 4. The van der Waals surface area contributed by atoms with Crippen molar-refractivity contribution in [3.8, 4) is 0 Å². The average Bonchev–Trinajstić information content (AvgIpc) is 2.52. The van der Waals surface area contributed by atoms with Crippen molar-refractivity contribution in [2.24, 2.45) is 5.92 Å². The van der Waals surface area contributed by atoms with Gasteiger partial charge in [0.1, 0.15) is 5.76 Å². The van der Waals surface area contributed by atoms with Gasteiger partial charge in [-0.3, -0.25) is 0 Å². The Labute approximate surface area is 75.9 Å². The molecule has 0 radical (unpaired) electrons. The summed E-state index contributed by atoms with van der Waals surface area (Å²) in [6, 6.07) is 3.97. The lowest BCUT2D eigenvalue weighted by Gasteiger charge is -2.07. The molecule has 0 aliphatic heterocycles. The van der Waals surface area contributed by atoms with Gasteiger partial charge in [-0.2, -0.15) is 0 Å². The first kappa shape index (κ1) is 8.85. The molecule has 0 aliphatic carbocycles. The minimum Gasteiger partial charge on any atom is -0.469 e. The molecular formula is C9H13BrO. The summed E-state index contributed by atoms with van der Waals surface area (Å²) in [6.45, 7) is 2.20. The molecule has 0 aliphatic rings. The molecule has 11 heavy (non-hydrogen) atoms. The van der Waals surface area contributed by atoms with Crippen molar-refractivity contribution in [3.63, 3.8) is 0 Å². The fraction of sp³-hybridized carbons (Fsp3) is 0.556. The van der Waals surface area contributed by atoms with Crippen LogP contribution in [0.4, 0.5) is 0 Å². The highest BCUT2D eigenvalue weighted by Gasteiger charge is 2.06. The summed E-state index contributed by atoms with van der Waals surface area (Å²) in [4.78, 5) is 0. The maximum atomic E-state index is 5.25. The van der Waals surface area contributed by atoms with Gasteiger partial charge in [0, 0.05) is 11.8 Å². The van der Waals surface area contributed by atoms with Gasteiger partial charge in [-0.1, -0.05) is 29.3 Å². The molecule has 0 fully saturated rings. The largest absolute Gasteiger partial charge is 0.469 e. The van der Waals surface area contributed by atoms with Crippen LogP contribution in [-0.2, 0) is 6.42 Å². The molecule has 0 saturated heterocycles. The third kappa shape index (κ3) is 2.70. The Kier molecular flexibility index (Phi) is 3.70. The van der Waals surface area contributed by atoms with Crippen LogP contribution >= 0.6 is 15.9 Å². The van der Waals surface area contributed by atoms with Crippen molar-refractivity contribution in [3.05, 3.63) is 24.2 Å². The van der Waals surface area contributed by atoms with E-state index in [1.807, 2.05) is 12.1 Å². The molecule has 1 atom stereocenters. The van der Waals surface area contributed by atoms with Gasteiger partial charge in [0.2, 0.25) is 0 Å². The molecule has 1 aromatic rings. The van der Waals surface area contributed by atoms with E-state index in [0.29, 0.717) is 5.92 Å². The molecule has 0 saturated carbocycles. The first-order valence-corrected chi connectivity index (χ1v) is 5.07. The van der Waals surface area contributed by atoms with Gasteiger partial charge in [0.05, 0.1) is 6.26 Å². The molecule has 0 spiro atoms. The van der Waals surface area contributed by atoms with Gasteiger partial charge in [-0.25, -0.2) is 0 Å². The van der Waals surface area contributed by atoms with E-state index in [-0.39, 0.29) is 0 Å². The van der Waals surface area contributed by atoms with E-state index in [9.17, 15) is 0 Å².